The molecule has 0 aliphatic heterocycles. The molecule has 0 bridgehead atoms. The maximum atomic E-state index is 4.38. The molecule has 2 aromatic heterocycles. The number of H-pyrrole nitrogens is 2. The van der Waals surface area contributed by atoms with E-state index in [9.17, 15) is 0 Å². The third kappa shape index (κ3) is 2.96. The fourth-order valence-electron chi connectivity index (χ4n) is 1.85. The molecular formula is C13H20N4. The van der Waals surface area contributed by atoms with Crippen molar-refractivity contribution in [3.8, 4) is 0 Å². The SMILES string of the molecule is CC(C)c1ncc(CCC(C)c2ncc[nH]2)[nH]1. The summed E-state index contributed by atoms with van der Waals surface area (Å²) in [6.07, 6.45) is 7.72. The minimum absolute atomic E-state index is 0.454. The van der Waals surface area contributed by atoms with E-state index in [1.807, 2.05) is 12.4 Å². The molecular weight excluding hydrogens is 212 g/mol. The van der Waals surface area contributed by atoms with Gasteiger partial charge in [-0.15, -0.1) is 0 Å². The Morgan fingerprint density at radius 1 is 1.18 bits per heavy atom. The molecule has 0 fully saturated rings. The standard InChI is InChI=1S/C13H20N4/c1-9(2)12-16-8-11(17-12)5-4-10(3)13-14-6-7-15-13/h6-10H,4-5H2,1-3H3,(H,14,15)(H,16,17). The number of hydrogen-bond donors (Lipinski definition) is 2. The lowest BCUT2D eigenvalue weighted by atomic mass is 10.0. The third-order valence-electron chi connectivity index (χ3n) is 3.03. The first kappa shape index (κ1) is 11.9. The monoisotopic (exact) mass is 232 g/mol. The molecule has 0 aliphatic carbocycles. The van der Waals surface area contributed by atoms with Crippen molar-refractivity contribution in [2.24, 2.45) is 0 Å². The molecule has 2 rings (SSSR count). The van der Waals surface area contributed by atoms with Crippen molar-refractivity contribution in [3.05, 3.63) is 35.9 Å². The van der Waals surface area contributed by atoms with E-state index in [0.717, 1.165) is 24.5 Å². The van der Waals surface area contributed by atoms with E-state index < -0.39 is 0 Å². The highest BCUT2D eigenvalue weighted by Gasteiger charge is 2.09. The second-order valence-electron chi connectivity index (χ2n) is 4.86. The van der Waals surface area contributed by atoms with Crippen LogP contribution in [0, 0.1) is 0 Å². The topological polar surface area (TPSA) is 57.4 Å². The highest BCUT2D eigenvalue weighted by atomic mass is 14.9. The Morgan fingerprint density at radius 3 is 2.59 bits per heavy atom. The molecule has 0 saturated carbocycles. The van der Waals surface area contributed by atoms with Crippen LogP contribution in [0.1, 0.15) is 56.4 Å². The van der Waals surface area contributed by atoms with Crippen LogP contribution in [0.15, 0.2) is 18.6 Å². The average molecular weight is 232 g/mol. The van der Waals surface area contributed by atoms with Gasteiger partial charge in [-0.2, -0.15) is 0 Å². The summed E-state index contributed by atoms with van der Waals surface area (Å²) >= 11 is 0. The number of rotatable bonds is 5. The van der Waals surface area contributed by atoms with Crippen LogP contribution in [-0.2, 0) is 6.42 Å². The number of aromatic amines is 2. The van der Waals surface area contributed by atoms with E-state index in [4.69, 9.17) is 0 Å². The van der Waals surface area contributed by atoms with Gasteiger partial charge in [0.25, 0.3) is 0 Å². The van der Waals surface area contributed by atoms with Crippen LogP contribution in [0.25, 0.3) is 0 Å². The van der Waals surface area contributed by atoms with Crippen molar-refractivity contribution < 1.29 is 0 Å². The van der Waals surface area contributed by atoms with Gasteiger partial charge < -0.3 is 9.97 Å². The average Bonchev–Trinajstić information content (AvgIpc) is 2.97. The van der Waals surface area contributed by atoms with E-state index in [1.165, 1.54) is 5.69 Å². The summed E-state index contributed by atoms with van der Waals surface area (Å²) in [5.41, 5.74) is 1.21. The lowest BCUT2D eigenvalue weighted by Crippen LogP contribution is -1.99. The number of nitrogens with one attached hydrogen (secondary N) is 2. The summed E-state index contributed by atoms with van der Waals surface area (Å²) in [7, 11) is 0. The summed E-state index contributed by atoms with van der Waals surface area (Å²) < 4.78 is 0. The number of aryl methyl sites for hydroxylation is 1. The first-order chi connectivity index (χ1) is 8.16. The van der Waals surface area contributed by atoms with Gasteiger partial charge in [-0.3, -0.25) is 0 Å². The highest BCUT2D eigenvalue weighted by molar-refractivity contribution is 5.05. The van der Waals surface area contributed by atoms with Crippen molar-refractivity contribution in [2.75, 3.05) is 0 Å². The maximum Gasteiger partial charge on any atom is 0.108 e. The van der Waals surface area contributed by atoms with Crippen LogP contribution in [0.4, 0.5) is 0 Å². The summed E-state index contributed by atoms with van der Waals surface area (Å²) in [6, 6.07) is 0. The zero-order chi connectivity index (χ0) is 12.3. The van der Waals surface area contributed by atoms with Crippen LogP contribution < -0.4 is 0 Å². The van der Waals surface area contributed by atoms with Crippen LogP contribution in [0.5, 0.6) is 0 Å². The van der Waals surface area contributed by atoms with E-state index in [1.54, 1.807) is 6.20 Å². The van der Waals surface area contributed by atoms with E-state index in [0.29, 0.717) is 11.8 Å². The molecule has 2 aromatic rings. The van der Waals surface area contributed by atoms with E-state index in [-0.39, 0.29) is 0 Å². The molecule has 0 amide bonds. The van der Waals surface area contributed by atoms with E-state index in [2.05, 4.69) is 40.7 Å². The first-order valence-electron chi connectivity index (χ1n) is 6.20. The predicted molar refractivity (Wildman–Crippen MR) is 68.0 cm³/mol. The number of nitrogens with zero attached hydrogens (tertiary/aromatic N) is 2. The molecule has 1 atom stereocenters. The van der Waals surface area contributed by atoms with Crippen molar-refractivity contribution in [2.45, 2.75) is 45.4 Å². The molecule has 1 unspecified atom stereocenters. The zero-order valence-electron chi connectivity index (χ0n) is 10.7. The minimum atomic E-state index is 0.454. The number of hydrogen-bond acceptors (Lipinski definition) is 2. The van der Waals surface area contributed by atoms with Crippen LogP contribution in [0.2, 0.25) is 0 Å². The second-order valence-corrected chi connectivity index (χ2v) is 4.86. The Balaban J connectivity index is 1.89. The smallest absolute Gasteiger partial charge is 0.108 e. The van der Waals surface area contributed by atoms with Gasteiger partial charge in [0.05, 0.1) is 0 Å². The molecule has 0 saturated heterocycles. The fourth-order valence-corrected chi connectivity index (χ4v) is 1.85. The van der Waals surface area contributed by atoms with Crippen molar-refractivity contribution in [3.63, 3.8) is 0 Å². The molecule has 4 heteroatoms. The molecule has 0 aromatic carbocycles. The molecule has 92 valence electrons. The van der Waals surface area contributed by atoms with Gasteiger partial charge in [0.2, 0.25) is 0 Å². The highest BCUT2D eigenvalue weighted by Crippen LogP contribution is 2.18. The van der Waals surface area contributed by atoms with Crippen molar-refractivity contribution in [1.29, 1.82) is 0 Å². The first-order valence-corrected chi connectivity index (χ1v) is 6.20. The largest absolute Gasteiger partial charge is 0.348 e. The maximum absolute atomic E-state index is 4.38. The van der Waals surface area contributed by atoms with Crippen LogP contribution in [-0.4, -0.2) is 19.9 Å². The van der Waals surface area contributed by atoms with Gasteiger partial charge in [-0.25, -0.2) is 9.97 Å². The Bertz CT molecular complexity index is 442. The van der Waals surface area contributed by atoms with Gasteiger partial charge in [0, 0.05) is 36.1 Å². The van der Waals surface area contributed by atoms with Crippen LogP contribution in [0.3, 0.4) is 0 Å². The molecule has 2 heterocycles. The number of aromatic nitrogens is 4. The quantitative estimate of drug-likeness (QED) is 0.832. The predicted octanol–water partition coefficient (Wildman–Crippen LogP) is 2.99. The van der Waals surface area contributed by atoms with Crippen molar-refractivity contribution >= 4 is 0 Å². The normalized spacial score (nSPS) is 13.2. The molecule has 0 aliphatic rings. The Labute approximate surface area is 102 Å². The van der Waals surface area contributed by atoms with E-state index >= 15 is 0 Å². The minimum Gasteiger partial charge on any atom is -0.348 e. The van der Waals surface area contributed by atoms with Gasteiger partial charge in [-0.05, 0) is 12.8 Å². The second kappa shape index (κ2) is 5.17. The molecule has 2 N–H and O–H groups in total. The zero-order valence-corrected chi connectivity index (χ0v) is 10.7. The summed E-state index contributed by atoms with van der Waals surface area (Å²) in [6.45, 7) is 6.49. The van der Waals surface area contributed by atoms with Gasteiger partial charge in [-0.1, -0.05) is 20.8 Å². The molecule has 0 spiro atoms. The Hall–Kier alpha value is -1.58. The lowest BCUT2D eigenvalue weighted by molar-refractivity contribution is 0.639. The summed E-state index contributed by atoms with van der Waals surface area (Å²) in [4.78, 5) is 15.2. The summed E-state index contributed by atoms with van der Waals surface area (Å²) in [5, 5.41) is 0. The Kier molecular flexibility index (Phi) is 3.61. The Morgan fingerprint density at radius 2 is 2.00 bits per heavy atom. The van der Waals surface area contributed by atoms with Crippen molar-refractivity contribution in [1.82, 2.24) is 19.9 Å². The summed E-state index contributed by atoms with van der Waals surface area (Å²) in [5.74, 6) is 3.06. The number of imidazole rings is 2. The fraction of sp³-hybridized carbons (Fsp3) is 0.538. The lowest BCUT2D eigenvalue weighted by Gasteiger charge is -2.07. The van der Waals surface area contributed by atoms with Gasteiger partial charge >= 0.3 is 0 Å². The molecule has 4 nitrogen and oxygen atoms in total. The van der Waals surface area contributed by atoms with Gasteiger partial charge in [0.15, 0.2) is 0 Å². The third-order valence-corrected chi connectivity index (χ3v) is 3.03. The van der Waals surface area contributed by atoms with Gasteiger partial charge in [0.1, 0.15) is 11.6 Å². The molecule has 17 heavy (non-hydrogen) atoms. The van der Waals surface area contributed by atoms with Crippen LogP contribution >= 0.6 is 0 Å². The molecule has 0 radical (unpaired) electrons.